The summed E-state index contributed by atoms with van der Waals surface area (Å²) in [5, 5.41) is 0. The average Bonchev–Trinajstić information content (AvgIpc) is 2.43. The molecule has 1 fully saturated rings. The quantitative estimate of drug-likeness (QED) is 0.843. The number of nitrogens with zero attached hydrogens (tertiary/aromatic N) is 1. The Labute approximate surface area is 97.4 Å². The second kappa shape index (κ2) is 3.94. The second-order valence-electron chi connectivity index (χ2n) is 3.84. The molecule has 2 unspecified atom stereocenters. The zero-order valence-electron chi connectivity index (χ0n) is 8.48. The summed E-state index contributed by atoms with van der Waals surface area (Å²) >= 11 is 3.49. The minimum Gasteiger partial charge on any atom is -0.337 e. The van der Waals surface area contributed by atoms with E-state index in [9.17, 15) is 4.79 Å². The lowest BCUT2D eigenvalue weighted by atomic mass is 10.0. The van der Waals surface area contributed by atoms with E-state index in [0.717, 1.165) is 10.0 Å². The molecule has 2 N–H and O–H groups in total. The molecule has 1 aliphatic rings. The predicted molar refractivity (Wildman–Crippen MR) is 62.2 cm³/mol. The molecule has 0 aromatic heterocycles. The van der Waals surface area contributed by atoms with E-state index in [-0.39, 0.29) is 18.0 Å². The molecule has 3 nitrogen and oxygen atoms in total. The Morgan fingerprint density at radius 3 is 2.67 bits per heavy atom. The first-order valence-electron chi connectivity index (χ1n) is 4.87. The van der Waals surface area contributed by atoms with E-state index in [2.05, 4.69) is 15.9 Å². The Kier molecular flexibility index (Phi) is 2.80. The van der Waals surface area contributed by atoms with Gasteiger partial charge in [0, 0.05) is 24.0 Å². The highest BCUT2D eigenvalue weighted by molar-refractivity contribution is 9.10. The predicted octanol–water partition coefficient (Wildman–Crippen LogP) is 1.68. The van der Waals surface area contributed by atoms with Crippen molar-refractivity contribution >= 4 is 21.8 Å². The number of nitrogens with two attached hydrogens (primary N) is 1. The number of amides is 1. The van der Waals surface area contributed by atoms with E-state index in [1.54, 1.807) is 11.9 Å². The fourth-order valence-corrected chi connectivity index (χ4v) is 2.57. The maximum absolute atomic E-state index is 11.5. The fraction of sp³-hybridized carbons (Fsp3) is 0.364. The van der Waals surface area contributed by atoms with Gasteiger partial charge in [0.1, 0.15) is 0 Å². The molecule has 0 spiro atoms. The van der Waals surface area contributed by atoms with E-state index in [0.29, 0.717) is 6.42 Å². The molecule has 2 atom stereocenters. The molecular formula is C11H13BrN2O. The Hall–Kier alpha value is -0.870. The first-order chi connectivity index (χ1) is 7.11. The second-order valence-corrected chi connectivity index (χ2v) is 4.69. The summed E-state index contributed by atoms with van der Waals surface area (Å²) < 4.78 is 1.01. The topological polar surface area (TPSA) is 46.3 Å². The zero-order chi connectivity index (χ0) is 11.0. The summed E-state index contributed by atoms with van der Waals surface area (Å²) in [4.78, 5) is 13.2. The normalized spacial score (nSPS) is 26.1. The molecule has 1 amide bonds. The average molecular weight is 269 g/mol. The number of benzene rings is 1. The number of carbonyl (C=O) groups excluding carboxylic acids is 1. The van der Waals surface area contributed by atoms with Crippen LogP contribution in [0.1, 0.15) is 18.0 Å². The Morgan fingerprint density at radius 1 is 1.47 bits per heavy atom. The van der Waals surface area contributed by atoms with Crippen molar-refractivity contribution < 1.29 is 4.79 Å². The van der Waals surface area contributed by atoms with E-state index in [1.165, 1.54) is 0 Å². The first kappa shape index (κ1) is 10.6. The van der Waals surface area contributed by atoms with Gasteiger partial charge in [-0.1, -0.05) is 34.1 Å². The van der Waals surface area contributed by atoms with Gasteiger partial charge in [0.2, 0.25) is 5.91 Å². The molecule has 0 radical (unpaired) electrons. The number of hydrogen-bond donors (Lipinski definition) is 1. The summed E-state index contributed by atoms with van der Waals surface area (Å²) in [6, 6.07) is 7.77. The van der Waals surface area contributed by atoms with Crippen molar-refractivity contribution in [3.05, 3.63) is 34.3 Å². The molecule has 15 heavy (non-hydrogen) atoms. The van der Waals surface area contributed by atoms with Crippen molar-refractivity contribution in [3.8, 4) is 0 Å². The number of carbonyl (C=O) groups is 1. The largest absolute Gasteiger partial charge is 0.337 e. The molecule has 1 aromatic carbocycles. The lowest BCUT2D eigenvalue weighted by molar-refractivity contribution is -0.127. The summed E-state index contributed by atoms with van der Waals surface area (Å²) in [6.07, 6.45) is 0.433. The van der Waals surface area contributed by atoms with Crippen molar-refractivity contribution in [1.29, 1.82) is 0 Å². The zero-order valence-corrected chi connectivity index (χ0v) is 10.1. The van der Waals surface area contributed by atoms with E-state index >= 15 is 0 Å². The third kappa shape index (κ3) is 1.79. The van der Waals surface area contributed by atoms with E-state index < -0.39 is 0 Å². The van der Waals surface area contributed by atoms with E-state index in [1.807, 2.05) is 24.3 Å². The van der Waals surface area contributed by atoms with Crippen LogP contribution in [-0.2, 0) is 4.79 Å². The highest BCUT2D eigenvalue weighted by atomic mass is 79.9. The molecule has 1 heterocycles. The summed E-state index contributed by atoms with van der Waals surface area (Å²) in [7, 11) is 1.80. The van der Waals surface area contributed by atoms with Crippen LogP contribution in [0.25, 0.3) is 0 Å². The molecule has 1 saturated heterocycles. The Balaban J connectivity index is 2.39. The van der Waals surface area contributed by atoms with Crippen LogP contribution in [-0.4, -0.2) is 23.9 Å². The van der Waals surface area contributed by atoms with Gasteiger partial charge in [0.05, 0.1) is 6.04 Å². The van der Waals surface area contributed by atoms with Crippen LogP contribution in [0.2, 0.25) is 0 Å². The van der Waals surface area contributed by atoms with Gasteiger partial charge in [-0.05, 0) is 11.6 Å². The number of hydrogen-bond acceptors (Lipinski definition) is 2. The van der Waals surface area contributed by atoms with Gasteiger partial charge < -0.3 is 10.6 Å². The molecule has 4 heteroatoms. The monoisotopic (exact) mass is 268 g/mol. The van der Waals surface area contributed by atoms with Crippen LogP contribution in [0.5, 0.6) is 0 Å². The number of halogens is 1. The maximum atomic E-state index is 11.5. The molecule has 1 aromatic rings. The van der Waals surface area contributed by atoms with Crippen LogP contribution in [0.4, 0.5) is 0 Å². The Morgan fingerprint density at radius 2 is 2.13 bits per heavy atom. The van der Waals surface area contributed by atoms with Crippen molar-refractivity contribution in [2.24, 2.45) is 5.73 Å². The van der Waals surface area contributed by atoms with Crippen LogP contribution >= 0.6 is 15.9 Å². The number of rotatable bonds is 1. The smallest absolute Gasteiger partial charge is 0.224 e. The first-order valence-corrected chi connectivity index (χ1v) is 5.66. The molecule has 2 rings (SSSR count). The molecule has 80 valence electrons. The third-order valence-electron chi connectivity index (χ3n) is 2.85. The minimum absolute atomic E-state index is 0.00641. The van der Waals surface area contributed by atoms with Crippen molar-refractivity contribution in [2.45, 2.75) is 18.5 Å². The molecular weight excluding hydrogens is 256 g/mol. The van der Waals surface area contributed by atoms with E-state index in [4.69, 9.17) is 5.73 Å². The minimum atomic E-state index is -0.110. The lowest BCUT2D eigenvalue weighted by Gasteiger charge is -2.24. The SMILES string of the molecule is CN1C(=O)CC(N)C1c1ccccc1Br. The van der Waals surface area contributed by atoms with Gasteiger partial charge in [0.25, 0.3) is 0 Å². The van der Waals surface area contributed by atoms with Crippen LogP contribution in [0, 0.1) is 0 Å². The van der Waals surface area contributed by atoms with Crippen LogP contribution < -0.4 is 5.73 Å². The number of likely N-dealkylation sites (N-methyl/N-ethyl adjacent to an activating group) is 1. The van der Waals surface area contributed by atoms with Gasteiger partial charge in [-0.25, -0.2) is 0 Å². The lowest BCUT2D eigenvalue weighted by Crippen LogP contribution is -2.30. The van der Waals surface area contributed by atoms with Crippen molar-refractivity contribution in [3.63, 3.8) is 0 Å². The van der Waals surface area contributed by atoms with Gasteiger partial charge in [-0.3, -0.25) is 4.79 Å². The fourth-order valence-electron chi connectivity index (χ4n) is 2.05. The molecule has 0 saturated carbocycles. The van der Waals surface area contributed by atoms with Crippen LogP contribution in [0.3, 0.4) is 0 Å². The van der Waals surface area contributed by atoms with Gasteiger partial charge in [-0.15, -0.1) is 0 Å². The Bertz CT molecular complexity index is 394. The summed E-state index contributed by atoms with van der Waals surface area (Å²) in [6.45, 7) is 0. The van der Waals surface area contributed by atoms with Crippen molar-refractivity contribution in [2.75, 3.05) is 7.05 Å². The third-order valence-corrected chi connectivity index (χ3v) is 3.57. The van der Waals surface area contributed by atoms with Crippen LogP contribution in [0.15, 0.2) is 28.7 Å². The molecule has 0 bridgehead atoms. The highest BCUT2D eigenvalue weighted by Gasteiger charge is 2.36. The summed E-state index contributed by atoms with van der Waals surface area (Å²) in [5.74, 6) is 0.114. The van der Waals surface area contributed by atoms with Crippen molar-refractivity contribution in [1.82, 2.24) is 4.90 Å². The molecule has 0 aliphatic carbocycles. The standard InChI is InChI=1S/C11H13BrN2O/c1-14-10(15)6-9(13)11(14)7-4-2-3-5-8(7)12/h2-5,9,11H,6,13H2,1H3. The van der Waals surface area contributed by atoms with Gasteiger partial charge in [-0.2, -0.15) is 0 Å². The highest BCUT2D eigenvalue weighted by Crippen LogP contribution is 2.34. The number of likely N-dealkylation sites (tertiary alicyclic amines) is 1. The van der Waals surface area contributed by atoms with Gasteiger partial charge in [0.15, 0.2) is 0 Å². The van der Waals surface area contributed by atoms with Gasteiger partial charge >= 0.3 is 0 Å². The maximum Gasteiger partial charge on any atom is 0.224 e. The molecule has 1 aliphatic heterocycles. The summed E-state index contributed by atoms with van der Waals surface area (Å²) in [5.41, 5.74) is 7.06.